The van der Waals surface area contributed by atoms with Crippen molar-refractivity contribution in [1.82, 2.24) is 4.72 Å². The Balaban J connectivity index is 3.86. The number of nitriles is 1. The van der Waals surface area contributed by atoms with Gasteiger partial charge in [0.15, 0.2) is 5.75 Å². The van der Waals surface area contributed by atoms with Crippen molar-refractivity contribution in [2.24, 2.45) is 5.92 Å². The SMILES string of the molecule is CC(CO)CNS(=O)(=O)CC#N. The first-order valence-electron chi connectivity index (χ1n) is 3.47. The van der Waals surface area contributed by atoms with Gasteiger partial charge in [-0.15, -0.1) is 0 Å². The Hall–Kier alpha value is -0.640. The fraction of sp³-hybridized carbons (Fsp3) is 0.833. The molecule has 0 saturated heterocycles. The van der Waals surface area contributed by atoms with Gasteiger partial charge < -0.3 is 5.11 Å². The van der Waals surface area contributed by atoms with Crippen molar-refractivity contribution in [3.63, 3.8) is 0 Å². The summed E-state index contributed by atoms with van der Waals surface area (Å²) in [5.74, 6) is -0.663. The molecule has 70 valence electrons. The average Bonchev–Trinajstić information content (AvgIpc) is 2.00. The highest BCUT2D eigenvalue weighted by Gasteiger charge is 2.10. The molecule has 0 aromatic rings. The molecule has 0 aliphatic heterocycles. The third-order valence-corrected chi connectivity index (χ3v) is 2.33. The predicted molar refractivity (Wildman–Crippen MR) is 43.7 cm³/mol. The normalized spacial score (nSPS) is 13.8. The van der Waals surface area contributed by atoms with Crippen molar-refractivity contribution < 1.29 is 13.5 Å². The number of hydrogen-bond donors (Lipinski definition) is 2. The van der Waals surface area contributed by atoms with E-state index in [1.165, 1.54) is 6.07 Å². The molecule has 0 heterocycles. The van der Waals surface area contributed by atoms with Gasteiger partial charge in [-0.1, -0.05) is 6.92 Å². The zero-order chi connectivity index (χ0) is 9.61. The van der Waals surface area contributed by atoms with Crippen LogP contribution in [-0.2, 0) is 10.0 Å². The van der Waals surface area contributed by atoms with Crippen LogP contribution in [0.15, 0.2) is 0 Å². The molecular formula is C6H12N2O3S. The summed E-state index contributed by atoms with van der Waals surface area (Å²) in [4.78, 5) is 0. The summed E-state index contributed by atoms with van der Waals surface area (Å²) in [7, 11) is -3.46. The second-order valence-electron chi connectivity index (χ2n) is 2.55. The summed E-state index contributed by atoms with van der Waals surface area (Å²) in [5, 5.41) is 16.7. The first-order chi connectivity index (χ1) is 5.52. The Morgan fingerprint density at radius 3 is 2.67 bits per heavy atom. The summed E-state index contributed by atoms with van der Waals surface area (Å²) < 4.78 is 23.9. The molecule has 0 spiro atoms. The number of nitrogens with zero attached hydrogens (tertiary/aromatic N) is 1. The van der Waals surface area contributed by atoms with E-state index < -0.39 is 15.8 Å². The number of aliphatic hydroxyl groups is 1. The summed E-state index contributed by atoms with van der Waals surface area (Å²) in [6, 6.07) is 1.54. The van der Waals surface area contributed by atoms with Gasteiger partial charge in [-0.3, -0.25) is 0 Å². The largest absolute Gasteiger partial charge is 0.396 e. The van der Waals surface area contributed by atoms with E-state index in [1.807, 2.05) is 0 Å². The number of rotatable bonds is 5. The maximum Gasteiger partial charge on any atom is 0.225 e. The monoisotopic (exact) mass is 192 g/mol. The van der Waals surface area contributed by atoms with Crippen LogP contribution >= 0.6 is 0 Å². The zero-order valence-electron chi connectivity index (χ0n) is 6.82. The summed E-state index contributed by atoms with van der Waals surface area (Å²) >= 11 is 0. The number of sulfonamides is 1. The maximum atomic E-state index is 10.8. The van der Waals surface area contributed by atoms with Gasteiger partial charge in [0.1, 0.15) is 0 Å². The summed E-state index contributed by atoms with van der Waals surface area (Å²) in [5.41, 5.74) is 0. The molecular weight excluding hydrogens is 180 g/mol. The van der Waals surface area contributed by atoms with E-state index in [4.69, 9.17) is 10.4 Å². The molecule has 0 fully saturated rings. The fourth-order valence-corrected chi connectivity index (χ4v) is 1.28. The highest BCUT2D eigenvalue weighted by atomic mass is 32.2. The molecule has 0 aromatic heterocycles. The second kappa shape index (κ2) is 5.09. The highest BCUT2D eigenvalue weighted by molar-refractivity contribution is 7.89. The molecule has 0 radical (unpaired) electrons. The Kier molecular flexibility index (Phi) is 4.81. The molecule has 0 amide bonds. The van der Waals surface area contributed by atoms with E-state index in [2.05, 4.69) is 4.72 Å². The molecule has 1 unspecified atom stereocenters. The van der Waals surface area contributed by atoms with Gasteiger partial charge in [0, 0.05) is 13.2 Å². The van der Waals surface area contributed by atoms with Gasteiger partial charge in [0.25, 0.3) is 0 Å². The smallest absolute Gasteiger partial charge is 0.225 e. The van der Waals surface area contributed by atoms with Gasteiger partial charge >= 0.3 is 0 Å². The van der Waals surface area contributed by atoms with E-state index in [-0.39, 0.29) is 19.1 Å². The van der Waals surface area contributed by atoms with Crippen molar-refractivity contribution >= 4 is 10.0 Å². The minimum Gasteiger partial charge on any atom is -0.396 e. The average molecular weight is 192 g/mol. The van der Waals surface area contributed by atoms with E-state index in [0.717, 1.165) is 0 Å². The molecule has 5 nitrogen and oxygen atoms in total. The van der Waals surface area contributed by atoms with Crippen LogP contribution in [0.5, 0.6) is 0 Å². The second-order valence-corrected chi connectivity index (χ2v) is 4.36. The molecule has 0 aliphatic carbocycles. The number of nitrogens with one attached hydrogen (secondary N) is 1. The molecule has 0 aliphatic rings. The Morgan fingerprint density at radius 2 is 2.25 bits per heavy atom. The van der Waals surface area contributed by atoms with Crippen molar-refractivity contribution in [3.8, 4) is 6.07 Å². The minimum atomic E-state index is -3.46. The van der Waals surface area contributed by atoms with Gasteiger partial charge in [0.2, 0.25) is 10.0 Å². The van der Waals surface area contributed by atoms with Gasteiger partial charge in [-0.2, -0.15) is 5.26 Å². The molecule has 12 heavy (non-hydrogen) atoms. The van der Waals surface area contributed by atoms with Crippen molar-refractivity contribution in [3.05, 3.63) is 0 Å². The molecule has 1 atom stereocenters. The van der Waals surface area contributed by atoms with Crippen LogP contribution < -0.4 is 4.72 Å². The first-order valence-corrected chi connectivity index (χ1v) is 5.12. The summed E-state index contributed by atoms with van der Waals surface area (Å²) in [6.07, 6.45) is 0. The lowest BCUT2D eigenvalue weighted by atomic mass is 10.2. The lowest BCUT2D eigenvalue weighted by Crippen LogP contribution is -2.31. The topological polar surface area (TPSA) is 90.2 Å². The lowest BCUT2D eigenvalue weighted by molar-refractivity contribution is 0.238. The Bertz CT molecular complexity index is 254. The van der Waals surface area contributed by atoms with Crippen molar-refractivity contribution in [2.45, 2.75) is 6.92 Å². The Morgan fingerprint density at radius 1 is 1.67 bits per heavy atom. The first kappa shape index (κ1) is 11.4. The number of aliphatic hydroxyl groups excluding tert-OH is 1. The maximum absolute atomic E-state index is 10.8. The van der Waals surface area contributed by atoms with Crippen LogP contribution in [0.2, 0.25) is 0 Å². The third kappa shape index (κ3) is 5.07. The van der Waals surface area contributed by atoms with E-state index >= 15 is 0 Å². The van der Waals surface area contributed by atoms with Gasteiger partial charge in [-0.25, -0.2) is 13.1 Å². The number of hydrogen-bond acceptors (Lipinski definition) is 4. The third-order valence-electron chi connectivity index (χ3n) is 1.22. The molecule has 0 bridgehead atoms. The predicted octanol–water partition coefficient (Wildman–Crippen LogP) is -0.942. The summed E-state index contributed by atoms with van der Waals surface area (Å²) in [6.45, 7) is 1.80. The Labute approximate surface area is 72.1 Å². The van der Waals surface area contributed by atoms with Crippen molar-refractivity contribution in [2.75, 3.05) is 18.9 Å². The van der Waals surface area contributed by atoms with Crippen LogP contribution in [0, 0.1) is 17.2 Å². The molecule has 6 heteroatoms. The van der Waals surface area contributed by atoms with E-state index in [0.29, 0.717) is 0 Å². The van der Waals surface area contributed by atoms with Crippen LogP contribution in [0.1, 0.15) is 6.92 Å². The molecule has 0 aromatic carbocycles. The van der Waals surface area contributed by atoms with Crippen LogP contribution in [0.4, 0.5) is 0 Å². The van der Waals surface area contributed by atoms with E-state index in [9.17, 15) is 8.42 Å². The zero-order valence-corrected chi connectivity index (χ0v) is 7.63. The minimum absolute atomic E-state index is 0.0743. The lowest BCUT2D eigenvalue weighted by Gasteiger charge is -2.07. The highest BCUT2D eigenvalue weighted by Crippen LogP contribution is 1.91. The van der Waals surface area contributed by atoms with Crippen LogP contribution in [-0.4, -0.2) is 32.4 Å². The van der Waals surface area contributed by atoms with Gasteiger partial charge in [0.05, 0.1) is 6.07 Å². The molecule has 2 N–H and O–H groups in total. The molecule has 0 saturated carbocycles. The van der Waals surface area contributed by atoms with Crippen LogP contribution in [0.25, 0.3) is 0 Å². The standard InChI is InChI=1S/C6H12N2O3S/c1-6(5-9)4-8-12(10,11)3-2-7/h6,8-9H,3-5H2,1H3. The van der Waals surface area contributed by atoms with Crippen molar-refractivity contribution in [1.29, 1.82) is 5.26 Å². The molecule has 0 rings (SSSR count). The van der Waals surface area contributed by atoms with Gasteiger partial charge in [-0.05, 0) is 5.92 Å². The van der Waals surface area contributed by atoms with E-state index in [1.54, 1.807) is 6.92 Å². The quantitative estimate of drug-likeness (QED) is 0.588. The van der Waals surface area contributed by atoms with Crippen LogP contribution in [0.3, 0.4) is 0 Å². The fourth-order valence-electron chi connectivity index (χ4n) is 0.470.